The van der Waals surface area contributed by atoms with Crippen LogP contribution in [0, 0.1) is 0 Å². The van der Waals surface area contributed by atoms with E-state index in [2.05, 4.69) is 5.32 Å². The number of hydrogen-bond donors (Lipinski definition) is 2. The average Bonchev–Trinajstić information content (AvgIpc) is 2.95. The SMILES string of the molecule is CC(N)(C(=O)Nc1ccc2c(c1)OCO2)c1ccccc1. The maximum absolute atomic E-state index is 12.4. The zero-order valence-electron chi connectivity index (χ0n) is 11.6. The molecule has 1 amide bonds. The maximum atomic E-state index is 12.4. The zero-order valence-corrected chi connectivity index (χ0v) is 11.6. The third-order valence-electron chi connectivity index (χ3n) is 3.48. The lowest BCUT2D eigenvalue weighted by Gasteiger charge is -2.24. The van der Waals surface area contributed by atoms with Crippen molar-refractivity contribution in [2.24, 2.45) is 5.73 Å². The largest absolute Gasteiger partial charge is 0.454 e. The van der Waals surface area contributed by atoms with Crippen molar-refractivity contribution in [2.75, 3.05) is 12.1 Å². The predicted molar refractivity (Wildman–Crippen MR) is 79.2 cm³/mol. The highest BCUT2D eigenvalue weighted by molar-refractivity contribution is 5.98. The molecule has 0 spiro atoms. The van der Waals surface area contributed by atoms with Crippen LogP contribution >= 0.6 is 0 Å². The van der Waals surface area contributed by atoms with E-state index >= 15 is 0 Å². The number of nitrogens with two attached hydrogens (primary N) is 1. The summed E-state index contributed by atoms with van der Waals surface area (Å²) in [6.07, 6.45) is 0. The van der Waals surface area contributed by atoms with Crippen molar-refractivity contribution in [3.8, 4) is 11.5 Å². The third kappa shape index (κ3) is 2.55. The summed E-state index contributed by atoms with van der Waals surface area (Å²) in [7, 11) is 0. The Bertz CT molecular complexity index is 668. The normalized spacial score (nSPS) is 15.3. The number of hydrogen-bond acceptors (Lipinski definition) is 4. The molecule has 1 atom stereocenters. The molecule has 2 aromatic rings. The summed E-state index contributed by atoms with van der Waals surface area (Å²) < 4.78 is 10.5. The highest BCUT2D eigenvalue weighted by Crippen LogP contribution is 2.34. The number of carbonyl (C=O) groups is 1. The van der Waals surface area contributed by atoms with E-state index in [0.717, 1.165) is 5.56 Å². The first kappa shape index (κ1) is 13.5. The maximum Gasteiger partial charge on any atom is 0.248 e. The molecule has 0 saturated carbocycles. The van der Waals surface area contributed by atoms with Crippen LogP contribution in [0.5, 0.6) is 11.5 Å². The van der Waals surface area contributed by atoms with Gasteiger partial charge in [0.25, 0.3) is 0 Å². The molecule has 5 heteroatoms. The summed E-state index contributed by atoms with van der Waals surface area (Å²) in [6, 6.07) is 14.5. The Morgan fingerprint density at radius 2 is 1.86 bits per heavy atom. The lowest BCUT2D eigenvalue weighted by atomic mass is 9.92. The molecule has 5 nitrogen and oxygen atoms in total. The van der Waals surface area contributed by atoms with E-state index in [-0.39, 0.29) is 12.7 Å². The minimum atomic E-state index is -1.11. The highest BCUT2D eigenvalue weighted by atomic mass is 16.7. The van der Waals surface area contributed by atoms with E-state index < -0.39 is 5.54 Å². The predicted octanol–water partition coefficient (Wildman–Crippen LogP) is 2.23. The summed E-state index contributed by atoms with van der Waals surface area (Å²) in [4.78, 5) is 12.4. The van der Waals surface area contributed by atoms with Gasteiger partial charge in [0.15, 0.2) is 11.5 Å². The zero-order chi connectivity index (χ0) is 14.9. The first-order valence-electron chi connectivity index (χ1n) is 6.63. The van der Waals surface area contributed by atoms with Gasteiger partial charge in [-0.05, 0) is 24.6 Å². The highest BCUT2D eigenvalue weighted by Gasteiger charge is 2.30. The van der Waals surface area contributed by atoms with Crippen LogP contribution in [-0.4, -0.2) is 12.7 Å². The van der Waals surface area contributed by atoms with Gasteiger partial charge in [-0.15, -0.1) is 0 Å². The van der Waals surface area contributed by atoms with Crippen molar-refractivity contribution in [1.29, 1.82) is 0 Å². The first-order valence-corrected chi connectivity index (χ1v) is 6.63. The molecule has 0 aliphatic carbocycles. The Balaban J connectivity index is 1.80. The molecule has 0 bridgehead atoms. The second-order valence-corrected chi connectivity index (χ2v) is 5.09. The molecule has 1 heterocycles. The number of nitrogens with one attached hydrogen (secondary N) is 1. The molecule has 0 radical (unpaired) electrons. The van der Waals surface area contributed by atoms with Crippen molar-refractivity contribution in [3.63, 3.8) is 0 Å². The molecule has 3 rings (SSSR count). The van der Waals surface area contributed by atoms with Crippen molar-refractivity contribution >= 4 is 11.6 Å². The van der Waals surface area contributed by atoms with E-state index in [1.807, 2.05) is 30.3 Å². The smallest absolute Gasteiger partial charge is 0.248 e. The molecule has 108 valence electrons. The number of amides is 1. The van der Waals surface area contributed by atoms with E-state index in [1.54, 1.807) is 25.1 Å². The van der Waals surface area contributed by atoms with E-state index in [0.29, 0.717) is 17.2 Å². The van der Waals surface area contributed by atoms with Crippen LogP contribution < -0.4 is 20.5 Å². The fourth-order valence-electron chi connectivity index (χ4n) is 2.15. The molecular formula is C16H16N2O3. The van der Waals surface area contributed by atoms with Gasteiger partial charge < -0.3 is 20.5 Å². The Labute approximate surface area is 122 Å². The van der Waals surface area contributed by atoms with Crippen molar-refractivity contribution in [2.45, 2.75) is 12.5 Å². The van der Waals surface area contributed by atoms with E-state index in [9.17, 15) is 4.79 Å². The number of rotatable bonds is 3. The molecule has 21 heavy (non-hydrogen) atoms. The summed E-state index contributed by atoms with van der Waals surface area (Å²) >= 11 is 0. The summed E-state index contributed by atoms with van der Waals surface area (Å²) in [5.74, 6) is 1.00. The lowest BCUT2D eigenvalue weighted by Crippen LogP contribution is -2.45. The second kappa shape index (κ2) is 5.10. The topological polar surface area (TPSA) is 73.6 Å². The molecule has 2 aromatic carbocycles. The Hall–Kier alpha value is -2.53. The minimum absolute atomic E-state index is 0.200. The van der Waals surface area contributed by atoms with Gasteiger partial charge >= 0.3 is 0 Å². The number of anilines is 1. The van der Waals surface area contributed by atoms with Crippen LogP contribution in [0.4, 0.5) is 5.69 Å². The van der Waals surface area contributed by atoms with Crippen molar-refractivity contribution in [3.05, 3.63) is 54.1 Å². The molecule has 0 saturated heterocycles. The molecule has 3 N–H and O–H groups in total. The van der Waals surface area contributed by atoms with Gasteiger partial charge in [0.05, 0.1) is 0 Å². The van der Waals surface area contributed by atoms with Gasteiger partial charge in [0, 0.05) is 11.8 Å². The monoisotopic (exact) mass is 284 g/mol. The number of benzene rings is 2. The van der Waals surface area contributed by atoms with Crippen molar-refractivity contribution < 1.29 is 14.3 Å². The number of ether oxygens (including phenoxy) is 2. The van der Waals surface area contributed by atoms with Gasteiger partial charge in [0.1, 0.15) is 5.54 Å². The fraction of sp³-hybridized carbons (Fsp3) is 0.188. The molecule has 1 aliphatic rings. The third-order valence-corrected chi connectivity index (χ3v) is 3.48. The van der Waals surface area contributed by atoms with Crippen LogP contribution in [0.1, 0.15) is 12.5 Å². The number of carbonyl (C=O) groups excluding carboxylic acids is 1. The average molecular weight is 284 g/mol. The standard InChI is InChI=1S/C16H16N2O3/c1-16(17,11-5-3-2-4-6-11)15(19)18-12-7-8-13-14(9-12)21-10-20-13/h2-9H,10,17H2,1H3,(H,18,19). The summed E-state index contributed by atoms with van der Waals surface area (Å²) in [5.41, 5.74) is 6.44. The Morgan fingerprint density at radius 3 is 2.62 bits per heavy atom. The molecule has 1 unspecified atom stereocenters. The van der Waals surface area contributed by atoms with Gasteiger partial charge in [-0.1, -0.05) is 30.3 Å². The van der Waals surface area contributed by atoms with Gasteiger partial charge in [-0.3, -0.25) is 4.79 Å². The van der Waals surface area contributed by atoms with E-state index in [4.69, 9.17) is 15.2 Å². The van der Waals surface area contributed by atoms with Crippen LogP contribution in [0.15, 0.2) is 48.5 Å². The van der Waals surface area contributed by atoms with Gasteiger partial charge in [-0.25, -0.2) is 0 Å². The quantitative estimate of drug-likeness (QED) is 0.906. The molecule has 0 aromatic heterocycles. The van der Waals surface area contributed by atoms with Gasteiger partial charge in [-0.2, -0.15) is 0 Å². The minimum Gasteiger partial charge on any atom is -0.454 e. The summed E-state index contributed by atoms with van der Waals surface area (Å²) in [5, 5.41) is 2.81. The van der Waals surface area contributed by atoms with Crippen LogP contribution in [0.2, 0.25) is 0 Å². The first-order chi connectivity index (χ1) is 10.1. The van der Waals surface area contributed by atoms with Crippen LogP contribution in [-0.2, 0) is 10.3 Å². The lowest BCUT2D eigenvalue weighted by molar-refractivity contribution is -0.120. The van der Waals surface area contributed by atoms with Crippen LogP contribution in [0.25, 0.3) is 0 Å². The second-order valence-electron chi connectivity index (χ2n) is 5.09. The molecule has 1 aliphatic heterocycles. The number of fused-ring (bicyclic) bond motifs is 1. The Morgan fingerprint density at radius 1 is 1.14 bits per heavy atom. The Kier molecular flexibility index (Phi) is 3.27. The van der Waals surface area contributed by atoms with Crippen LogP contribution in [0.3, 0.4) is 0 Å². The molecular weight excluding hydrogens is 268 g/mol. The van der Waals surface area contributed by atoms with Crippen molar-refractivity contribution in [1.82, 2.24) is 0 Å². The van der Waals surface area contributed by atoms with E-state index in [1.165, 1.54) is 0 Å². The molecule has 0 fully saturated rings. The van der Waals surface area contributed by atoms with Gasteiger partial charge in [0.2, 0.25) is 12.7 Å². The fourth-order valence-corrected chi connectivity index (χ4v) is 2.15. The summed E-state index contributed by atoms with van der Waals surface area (Å²) in [6.45, 7) is 1.88.